The van der Waals surface area contributed by atoms with Gasteiger partial charge in [0.15, 0.2) is 0 Å². The molecule has 0 saturated carbocycles. The third kappa shape index (κ3) is 3.33. The highest BCUT2D eigenvalue weighted by Crippen LogP contribution is 2.31. The topological polar surface area (TPSA) is 32.5 Å². The van der Waals surface area contributed by atoms with Crippen LogP contribution in [-0.2, 0) is 0 Å². The van der Waals surface area contributed by atoms with Gasteiger partial charge in [0.1, 0.15) is 0 Å². The zero-order chi connectivity index (χ0) is 14.7. The van der Waals surface area contributed by atoms with Crippen LogP contribution in [0.4, 0.5) is 5.69 Å². The van der Waals surface area contributed by atoms with Crippen molar-refractivity contribution >= 4 is 5.69 Å². The third-order valence-corrected chi connectivity index (χ3v) is 4.38. The summed E-state index contributed by atoms with van der Waals surface area (Å²) in [5.41, 5.74) is 9.09. The number of benzene rings is 1. The average Bonchev–Trinajstić information content (AvgIpc) is 2.60. The van der Waals surface area contributed by atoms with Crippen LogP contribution in [0.3, 0.4) is 0 Å². The highest BCUT2D eigenvalue weighted by atomic mass is 15.2. The molecule has 0 amide bonds. The third-order valence-electron chi connectivity index (χ3n) is 4.38. The van der Waals surface area contributed by atoms with Crippen molar-refractivity contribution in [1.82, 2.24) is 4.90 Å². The molecule has 2 rings (SSSR count). The smallest absolute Gasteiger partial charge is 0.0501 e. The minimum absolute atomic E-state index is 0.241. The zero-order valence-electron chi connectivity index (χ0n) is 13.3. The van der Waals surface area contributed by atoms with Gasteiger partial charge < -0.3 is 10.6 Å². The Morgan fingerprint density at radius 1 is 1.15 bits per heavy atom. The molecule has 3 heteroatoms. The minimum Gasteiger partial charge on any atom is -0.378 e. The van der Waals surface area contributed by atoms with Gasteiger partial charge in [-0.1, -0.05) is 18.6 Å². The Hall–Kier alpha value is -1.06. The fraction of sp³-hybridized carbons (Fsp3) is 0.647. The van der Waals surface area contributed by atoms with Crippen LogP contribution in [0.25, 0.3) is 0 Å². The van der Waals surface area contributed by atoms with E-state index in [1.807, 2.05) is 0 Å². The predicted molar refractivity (Wildman–Crippen MR) is 87.2 cm³/mol. The summed E-state index contributed by atoms with van der Waals surface area (Å²) in [6, 6.07) is 10.0. The van der Waals surface area contributed by atoms with E-state index < -0.39 is 0 Å². The summed E-state index contributed by atoms with van der Waals surface area (Å²) in [7, 11) is 4.15. The Morgan fingerprint density at radius 2 is 1.80 bits per heavy atom. The molecule has 0 bridgehead atoms. The second-order valence-corrected chi connectivity index (χ2v) is 6.42. The van der Waals surface area contributed by atoms with E-state index in [2.05, 4.69) is 62.0 Å². The molecule has 1 heterocycles. The van der Waals surface area contributed by atoms with E-state index in [0.717, 1.165) is 13.0 Å². The van der Waals surface area contributed by atoms with Crippen LogP contribution in [-0.4, -0.2) is 37.6 Å². The lowest BCUT2D eigenvalue weighted by Crippen LogP contribution is -2.43. The number of nitrogens with zero attached hydrogens (tertiary/aromatic N) is 2. The molecule has 1 aliphatic rings. The van der Waals surface area contributed by atoms with Crippen LogP contribution in [0.5, 0.6) is 0 Å². The number of rotatable bonds is 3. The van der Waals surface area contributed by atoms with Crippen molar-refractivity contribution in [2.45, 2.75) is 51.2 Å². The van der Waals surface area contributed by atoms with E-state index in [0.29, 0.717) is 12.1 Å². The van der Waals surface area contributed by atoms with Gasteiger partial charge in [0.25, 0.3) is 0 Å². The second kappa shape index (κ2) is 6.59. The first-order valence-corrected chi connectivity index (χ1v) is 7.79. The monoisotopic (exact) mass is 275 g/mol. The molecule has 2 N–H and O–H groups in total. The predicted octanol–water partition coefficient (Wildman–Crippen LogP) is 3.02. The standard InChI is InChI=1S/C17H29N3/c1-13(2)20-12-6-5-7-16(18)17(20)14-8-10-15(11-9-14)19(3)4/h8-11,13,16-17H,5-7,12,18H2,1-4H3. The normalized spacial score (nSPS) is 24.7. The summed E-state index contributed by atoms with van der Waals surface area (Å²) in [5, 5.41) is 0. The molecule has 3 nitrogen and oxygen atoms in total. The van der Waals surface area contributed by atoms with Crippen molar-refractivity contribution in [2.75, 3.05) is 25.5 Å². The molecule has 112 valence electrons. The summed E-state index contributed by atoms with van der Waals surface area (Å²) >= 11 is 0. The highest BCUT2D eigenvalue weighted by Gasteiger charge is 2.30. The Morgan fingerprint density at radius 3 is 2.35 bits per heavy atom. The van der Waals surface area contributed by atoms with Crippen LogP contribution in [0.2, 0.25) is 0 Å². The second-order valence-electron chi connectivity index (χ2n) is 6.42. The average molecular weight is 275 g/mol. The molecule has 0 aliphatic carbocycles. The van der Waals surface area contributed by atoms with E-state index in [-0.39, 0.29) is 6.04 Å². The van der Waals surface area contributed by atoms with Crippen LogP contribution in [0.15, 0.2) is 24.3 Å². The first-order valence-electron chi connectivity index (χ1n) is 7.79. The quantitative estimate of drug-likeness (QED) is 0.920. The van der Waals surface area contributed by atoms with Crippen LogP contribution >= 0.6 is 0 Å². The molecule has 0 aromatic heterocycles. The van der Waals surface area contributed by atoms with Gasteiger partial charge in [-0.25, -0.2) is 0 Å². The Bertz CT molecular complexity index is 411. The van der Waals surface area contributed by atoms with Gasteiger partial charge in [0.05, 0.1) is 6.04 Å². The lowest BCUT2D eigenvalue weighted by molar-refractivity contribution is 0.144. The summed E-state index contributed by atoms with van der Waals surface area (Å²) in [6.07, 6.45) is 3.64. The fourth-order valence-electron chi connectivity index (χ4n) is 3.21. The molecule has 1 fully saturated rings. The first kappa shape index (κ1) is 15.3. The largest absolute Gasteiger partial charge is 0.378 e. The van der Waals surface area contributed by atoms with Crippen molar-refractivity contribution < 1.29 is 0 Å². The maximum atomic E-state index is 6.48. The maximum absolute atomic E-state index is 6.48. The highest BCUT2D eigenvalue weighted by molar-refractivity contribution is 5.46. The van der Waals surface area contributed by atoms with Crippen molar-refractivity contribution in [3.05, 3.63) is 29.8 Å². The van der Waals surface area contributed by atoms with Crippen LogP contribution in [0, 0.1) is 0 Å². The summed E-state index contributed by atoms with van der Waals surface area (Å²) in [4.78, 5) is 4.71. The summed E-state index contributed by atoms with van der Waals surface area (Å²) in [6.45, 7) is 5.71. The van der Waals surface area contributed by atoms with Gasteiger partial charge in [-0.3, -0.25) is 4.90 Å². The van der Waals surface area contributed by atoms with Crippen LogP contribution in [0.1, 0.15) is 44.7 Å². The Balaban J connectivity index is 2.29. The van der Waals surface area contributed by atoms with Crippen molar-refractivity contribution in [3.63, 3.8) is 0 Å². The van der Waals surface area contributed by atoms with Gasteiger partial charge in [0, 0.05) is 31.9 Å². The van der Waals surface area contributed by atoms with E-state index in [4.69, 9.17) is 5.73 Å². The van der Waals surface area contributed by atoms with Crippen molar-refractivity contribution in [3.8, 4) is 0 Å². The fourth-order valence-corrected chi connectivity index (χ4v) is 3.21. The SMILES string of the molecule is CC(C)N1CCCCC(N)C1c1ccc(N(C)C)cc1. The molecule has 1 aliphatic heterocycles. The van der Waals surface area contributed by atoms with Crippen molar-refractivity contribution in [2.24, 2.45) is 5.73 Å². The molecule has 20 heavy (non-hydrogen) atoms. The molecule has 2 unspecified atom stereocenters. The Labute approximate surface area is 123 Å². The van der Waals surface area contributed by atoms with Crippen LogP contribution < -0.4 is 10.6 Å². The zero-order valence-corrected chi connectivity index (χ0v) is 13.3. The number of hydrogen-bond donors (Lipinski definition) is 1. The molecule has 2 atom stereocenters. The molecule has 0 radical (unpaired) electrons. The van der Waals surface area contributed by atoms with E-state index in [1.54, 1.807) is 0 Å². The van der Waals surface area contributed by atoms with Gasteiger partial charge in [-0.05, 0) is 50.9 Å². The van der Waals surface area contributed by atoms with Gasteiger partial charge in [-0.15, -0.1) is 0 Å². The van der Waals surface area contributed by atoms with E-state index in [9.17, 15) is 0 Å². The minimum atomic E-state index is 0.241. The molecular weight excluding hydrogens is 246 g/mol. The number of hydrogen-bond acceptors (Lipinski definition) is 3. The summed E-state index contributed by atoms with van der Waals surface area (Å²) in [5.74, 6) is 0. The molecule has 1 saturated heterocycles. The first-order chi connectivity index (χ1) is 9.50. The van der Waals surface area contributed by atoms with Gasteiger partial charge in [-0.2, -0.15) is 0 Å². The van der Waals surface area contributed by atoms with Crippen molar-refractivity contribution in [1.29, 1.82) is 0 Å². The Kier molecular flexibility index (Phi) is 5.06. The molecule has 1 aromatic carbocycles. The maximum Gasteiger partial charge on any atom is 0.0501 e. The molecular formula is C17H29N3. The van der Waals surface area contributed by atoms with Gasteiger partial charge >= 0.3 is 0 Å². The number of anilines is 1. The lowest BCUT2D eigenvalue weighted by Gasteiger charge is -2.37. The number of nitrogens with two attached hydrogens (primary N) is 1. The van der Waals surface area contributed by atoms with E-state index in [1.165, 1.54) is 24.1 Å². The van der Waals surface area contributed by atoms with Gasteiger partial charge in [0.2, 0.25) is 0 Å². The molecule has 0 spiro atoms. The lowest BCUT2D eigenvalue weighted by atomic mass is 9.95. The van der Waals surface area contributed by atoms with E-state index >= 15 is 0 Å². The molecule has 1 aromatic rings. The summed E-state index contributed by atoms with van der Waals surface area (Å²) < 4.78 is 0. The number of likely N-dealkylation sites (tertiary alicyclic amines) is 1.